The van der Waals surface area contributed by atoms with Gasteiger partial charge in [-0.3, -0.25) is 0 Å². The number of esters is 1. The number of halogens is 1. The maximum Gasteiger partial charge on any atom is 0.363 e. The van der Waals surface area contributed by atoms with Crippen LogP contribution in [0, 0.1) is 6.92 Å². The summed E-state index contributed by atoms with van der Waals surface area (Å²) in [5.74, 6) is 0.995. The Morgan fingerprint density at radius 2 is 1.81 bits per heavy atom. The zero-order valence-corrected chi connectivity index (χ0v) is 18.7. The van der Waals surface area contributed by atoms with Crippen LogP contribution in [0.5, 0.6) is 11.5 Å². The molecule has 1 heterocycles. The summed E-state index contributed by atoms with van der Waals surface area (Å²) in [6.07, 6.45) is 1.67. The first-order valence-corrected chi connectivity index (χ1v) is 10.5. The number of nitrogens with zero attached hydrogens (tertiary/aromatic N) is 1. The minimum Gasteiger partial charge on any atom is -0.493 e. The van der Waals surface area contributed by atoms with Crippen molar-refractivity contribution in [3.05, 3.63) is 99.2 Å². The van der Waals surface area contributed by atoms with Gasteiger partial charge >= 0.3 is 5.97 Å². The van der Waals surface area contributed by atoms with E-state index in [-0.39, 0.29) is 5.70 Å². The van der Waals surface area contributed by atoms with E-state index in [2.05, 4.69) is 20.9 Å². The molecule has 1 aliphatic heterocycles. The molecule has 0 unspecified atom stereocenters. The van der Waals surface area contributed by atoms with Crippen molar-refractivity contribution in [3.63, 3.8) is 0 Å². The predicted octanol–water partition coefficient (Wildman–Crippen LogP) is 5.69. The van der Waals surface area contributed by atoms with Gasteiger partial charge in [0, 0.05) is 15.6 Å². The molecule has 0 bridgehead atoms. The standard InChI is InChI=1S/C25H20BrNO4/c1-16-7-10-18(11-8-16)24-27-21(25(28)31-24)13-17-9-12-22(23(14-17)29-2)30-15-19-5-3-4-6-20(19)26/h3-14H,15H2,1-2H3/b21-13-. The second-order valence-electron chi connectivity index (χ2n) is 6.99. The molecule has 3 aromatic rings. The molecule has 0 aliphatic carbocycles. The molecule has 0 atom stereocenters. The van der Waals surface area contributed by atoms with Crippen LogP contribution in [0.1, 0.15) is 22.3 Å². The average Bonchev–Trinajstić information content (AvgIpc) is 3.14. The van der Waals surface area contributed by atoms with Gasteiger partial charge in [0.25, 0.3) is 0 Å². The molecule has 0 amide bonds. The molecule has 0 aromatic heterocycles. The fourth-order valence-corrected chi connectivity index (χ4v) is 3.45. The third-order valence-corrected chi connectivity index (χ3v) is 5.52. The molecule has 0 spiro atoms. The van der Waals surface area contributed by atoms with Crippen LogP contribution in [0.3, 0.4) is 0 Å². The number of carbonyl (C=O) groups excluding carboxylic acids is 1. The highest BCUT2D eigenvalue weighted by atomic mass is 79.9. The zero-order valence-electron chi connectivity index (χ0n) is 17.1. The molecule has 0 radical (unpaired) electrons. The molecule has 1 aliphatic rings. The van der Waals surface area contributed by atoms with Crippen LogP contribution < -0.4 is 9.47 Å². The maximum atomic E-state index is 12.3. The molecule has 3 aromatic carbocycles. The topological polar surface area (TPSA) is 57.1 Å². The average molecular weight is 478 g/mol. The Hall–Kier alpha value is -3.38. The van der Waals surface area contributed by atoms with Crippen LogP contribution in [0.15, 0.2) is 81.9 Å². The molecule has 31 heavy (non-hydrogen) atoms. The van der Waals surface area contributed by atoms with Crippen molar-refractivity contribution in [1.29, 1.82) is 0 Å². The van der Waals surface area contributed by atoms with Gasteiger partial charge in [0.1, 0.15) is 6.61 Å². The lowest BCUT2D eigenvalue weighted by Gasteiger charge is -2.12. The number of aliphatic imine (C=N–C) groups is 1. The number of benzene rings is 3. The number of cyclic esters (lactones) is 1. The molecule has 0 saturated heterocycles. The minimum atomic E-state index is -0.483. The molecule has 0 saturated carbocycles. The fourth-order valence-electron chi connectivity index (χ4n) is 3.05. The lowest BCUT2D eigenvalue weighted by Crippen LogP contribution is -2.05. The lowest BCUT2D eigenvalue weighted by atomic mass is 10.1. The first kappa shape index (κ1) is 20.9. The van der Waals surface area contributed by atoms with Gasteiger partial charge in [-0.15, -0.1) is 0 Å². The Labute approximate surface area is 189 Å². The van der Waals surface area contributed by atoms with Crippen molar-refractivity contribution in [3.8, 4) is 11.5 Å². The first-order chi connectivity index (χ1) is 15.0. The highest BCUT2D eigenvalue weighted by Gasteiger charge is 2.24. The van der Waals surface area contributed by atoms with Crippen LogP contribution in [0.25, 0.3) is 6.08 Å². The van der Waals surface area contributed by atoms with Gasteiger partial charge in [-0.25, -0.2) is 9.79 Å². The molecular formula is C25H20BrNO4. The Morgan fingerprint density at radius 3 is 2.55 bits per heavy atom. The van der Waals surface area contributed by atoms with E-state index in [0.717, 1.165) is 26.7 Å². The highest BCUT2D eigenvalue weighted by Crippen LogP contribution is 2.31. The highest BCUT2D eigenvalue weighted by molar-refractivity contribution is 9.10. The number of carbonyl (C=O) groups is 1. The Kier molecular flexibility index (Phi) is 6.18. The van der Waals surface area contributed by atoms with E-state index in [1.165, 1.54) is 0 Å². The van der Waals surface area contributed by atoms with Crippen LogP contribution in [0.4, 0.5) is 0 Å². The summed E-state index contributed by atoms with van der Waals surface area (Å²) in [7, 11) is 1.58. The third-order valence-electron chi connectivity index (χ3n) is 4.75. The number of hydrogen-bond acceptors (Lipinski definition) is 5. The minimum absolute atomic E-state index is 0.236. The van der Waals surface area contributed by atoms with Crippen LogP contribution in [-0.2, 0) is 16.1 Å². The van der Waals surface area contributed by atoms with Crippen LogP contribution in [-0.4, -0.2) is 19.0 Å². The van der Waals surface area contributed by atoms with Gasteiger partial charge in [0.2, 0.25) is 5.90 Å². The Morgan fingerprint density at radius 1 is 1.03 bits per heavy atom. The van der Waals surface area contributed by atoms with E-state index in [1.807, 2.05) is 67.6 Å². The summed E-state index contributed by atoms with van der Waals surface area (Å²) in [5, 5.41) is 0. The van der Waals surface area contributed by atoms with E-state index in [9.17, 15) is 4.79 Å². The Bertz CT molecular complexity index is 1180. The van der Waals surface area contributed by atoms with Gasteiger partial charge in [0.05, 0.1) is 7.11 Å². The molecule has 4 rings (SSSR count). The van der Waals surface area contributed by atoms with Gasteiger partial charge in [-0.1, -0.05) is 57.9 Å². The molecule has 6 heteroatoms. The molecule has 0 N–H and O–H groups in total. The Balaban J connectivity index is 1.54. The van der Waals surface area contributed by atoms with E-state index in [0.29, 0.717) is 24.0 Å². The van der Waals surface area contributed by atoms with Crippen LogP contribution in [0.2, 0.25) is 0 Å². The van der Waals surface area contributed by atoms with Gasteiger partial charge < -0.3 is 14.2 Å². The summed E-state index contributed by atoms with van der Waals surface area (Å²) in [5.41, 5.74) is 3.90. The van der Waals surface area contributed by atoms with Crippen molar-refractivity contribution in [2.75, 3.05) is 7.11 Å². The van der Waals surface area contributed by atoms with Crippen molar-refractivity contribution < 1.29 is 19.0 Å². The second-order valence-corrected chi connectivity index (χ2v) is 7.85. The van der Waals surface area contributed by atoms with E-state index < -0.39 is 5.97 Å². The normalized spacial score (nSPS) is 14.4. The number of aryl methyl sites for hydroxylation is 1. The number of methoxy groups -OCH3 is 1. The van der Waals surface area contributed by atoms with Crippen molar-refractivity contribution >= 4 is 33.9 Å². The molecule has 0 fully saturated rings. The largest absolute Gasteiger partial charge is 0.493 e. The number of rotatable bonds is 6. The lowest BCUT2D eigenvalue weighted by molar-refractivity contribution is -0.129. The van der Waals surface area contributed by atoms with Gasteiger partial charge in [0.15, 0.2) is 17.2 Å². The quantitative estimate of drug-likeness (QED) is 0.338. The van der Waals surface area contributed by atoms with Crippen LogP contribution >= 0.6 is 15.9 Å². The zero-order chi connectivity index (χ0) is 21.8. The van der Waals surface area contributed by atoms with Gasteiger partial charge in [-0.2, -0.15) is 0 Å². The predicted molar refractivity (Wildman–Crippen MR) is 123 cm³/mol. The maximum absolute atomic E-state index is 12.3. The van der Waals surface area contributed by atoms with E-state index in [4.69, 9.17) is 14.2 Å². The summed E-state index contributed by atoms with van der Waals surface area (Å²) in [6.45, 7) is 2.39. The first-order valence-electron chi connectivity index (χ1n) is 9.67. The fraction of sp³-hybridized carbons (Fsp3) is 0.120. The molecule has 5 nitrogen and oxygen atoms in total. The second kappa shape index (κ2) is 9.18. The van der Waals surface area contributed by atoms with E-state index in [1.54, 1.807) is 19.3 Å². The summed E-state index contributed by atoms with van der Waals surface area (Å²) in [4.78, 5) is 16.6. The SMILES string of the molecule is COc1cc(/C=C2\N=C(c3ccc(C)cc3)OC2=O)ccc1OCc1ccccc1Br. The summed E-state index contributed by atoms with van der Waals surface area (Å²) >= 11 is 3.52. The van der Waals surface area contributed by atoms with E-state index >= 15 is 0 Å². The molecular weight excluding hydrogens is 458 g/mol. The summed E-state index contributed by atoms with van der Waals surface area (Å²) in [6, 6.07) is 21.0. The van der Waals surface area contributed by atoms with Crippen molar-refractivity contribution in [2.45, 2.75) is 13.5 Å². The van der Waals surface area contributed by atoms with Crippen molar-refractivity contribution in [2.24, 2.45) is 4.99 Å². The van der Waals surface area contributed by atoms with Gasteiger partial charge in [-0.05, 0) is 48.9 Å². The third kappa shape index (κ3) is 4.86. The smallest absolute Gasteiger partial charge is 0.363 e. The number of ether oxygens (including phenoxy) is 3. The molecule has 156 valence electrons. The van der Waals surface area contributed by atoms with Crippen molar-refractivity contribution in [1.82, 2.24) is 0 Å². The summed E-state index contributed by atoms with van der Waals surface area (Å²) < 4.78 is 17.7. The number of hydrogen-bond donors (Lipinski definition) is 0. The monoisotopic (exact) mass is 477 g/mol.